The third-order valence-corrected chi connectivity index (χ3v) is 6.98. The molecule has 4 heterocycles. The SMILES string of the molecule is C=C1NC(C)(C)[C@@H]1NC(=O)/C(=N\OC(COc1ccc2nc(NC3CNC3)ccc2c1)C(=O)O)c1nsc(N)n1. The number of aromatic nitrogens is 3. The van der Waals surface area contributed by atoms with Crippen LogP contribution in [0.15, 0.2) is 47.8 Å². The molecule has 2 aromatic heterocycles. The number of nitrogen functional groups attached to an aromatic ring is 1. The number of ether oxygens (including phenoxy) is 1. The Labute approximate surface area is 233 Å². The van der Waals surface area contributed by atoms with Gasteiger partial charge in [0.1, 0.15) is 18.2 Å². The van der Waals surface area contributed by atoms with Gasteiger partial charge < -0.3 is 41.7 Å². The van der Waals surface area contributed by atoms with Crippen LogP contribution in [0, 0.1) is 0 Å². The zero-order valence-corrected chi connectivity index (χ0v) is 22.6. The van der Waals surface area contributed by atoms with Crippen molar-refractivity contribution in [2.75, 3.05) is 30.7 Å². The van der Waals surface area contributed by atoms with E-state index in [1.54, 1.807) is 18.2 Å². The number of carbonyl (C=O) groups excluding carboxylic acids is 1. The van der Waals surface area contributed by atoms with Gasteiger partial charge in [0.2, 0.25) is 11.5 Å². The van der Waals surface area contributed by atoms with E-state index < -0.39 is 29.6 Å². The summed E-state index contributed by atoms with van der Waals surface area (Å²) in [5, 5.41) is 26.9. The van der Waals surface area contributed by atoms with Crippen LogP contribution in [0.4, 0.5) is 10.9 Å². The highest BCUT2D eigenvalue weighted by atomic mass is 32.1. The summed E-state index contributed by atoms with van der Waals surface area (Å²) < 4.78 is 9.72. The van der Waals surface area contributed by atoms with Gasteiger partial charge >= 0.3 is 5.97 Å². The number of hydrogen-bond acceptors (Lipinski definition) is 13. The minimum Gasteiger partial charge on any atom is -0.489 e. The van der Waals surface area contributed by atoms with Gasteiger partial charge in [-0.05, 0) is 44.2 Å². The second-order valence-electron chi connectivity index (χ2n) is 9.97. The molecule has 1 amide bonds. The molecule has 2 fully saturated rings. The van der Waals surface area contributed by atoms with E-state index in [-0.39, 0.29) is 23.3 Å². The Hall–Kier alpha value is -4.50. The van der Waals surface area contributed by atoms with Crippen molar-refractivity contribution in [3.8, 4) is 5.75 Å². The van der Waals surface area contributed by atoms with Crippen LogP contribution >= 0.6 is 11.5 Å². The molecule has 2 aliphatic heterocycles. The summed E-state index contributed by atoms with van der Waals surface area (Å²) in [6.07, 6.45) is -1.54. The molecule has 0 saturated carbocycles. The van der Waals surface area contributed by atoms with Crippen molar-refractivity contribution >= 4 is 51.0 Å². The van der Waals surface area contributed by atoms with Crippen LogP contribution in [-0.4, -0.2) is 80.5 Å². The Balaban J connectivity index is 1.27. The average Bonchev–Trinajstić information content (AvgIpc) is 3.31. The van der Waals surface area contributed by atoms with Crippen molar-refractivity contribution in [1.29, 1.82) is 0 Å². The zero-order valence-electron chi connectivity index (χ0n) is 21.8. The van der Waals surface area contributed by atoms with Crippen LogP contribution in [0.2, 0.25) is 0 Å². The highest BCUT2D eigenvalue weighted by Gasteiger charge is 2.43. The van der Waals surface area contributed by atoms with Gasteiger partial charge in [0.15, 0.2) is 5.13 Å². The quantitative estimate of drug-likeness (QED) is 0.140. The average molecular weight is 568 g/mol. The van der Waals surface area contributed by atoms with Crippen LogP contribution in [-0.2, 0) is 14.4 Å². The first-order valence-electron chi connectivity index (χ1n) is 12.4. The third kappa shape index (κ3) is 5.89. The first-order chi connectivity index (χ1) is 19.1. The van der Waals surface area contributed by atoms with Gasteiger partial charge in [-0.2, -0.15) is 9.36 Å². The van der Waals surface area contributed by atoms with Gasteiger partial charge in [0.05, 0.1) is 23.1 Å². The van der Waals surface area contributed by atoms with Gasteiger partial charge in [-0.1, -0.05) is 11.7 Å². The molecule has 0 bridgehead atoms. The van der Waals surface area contributed by atoms with Gasteiger partial charge in [0, 0.05) is 35.7 Å². The summed E-state index contributed by atoms with van der Waals surface area (Å²) >= 11 is 0.863. The van der Waals surface area contributed by atoms with Crippen molar-refractivity contribution in [2.24, 2.45) is 5.16 Å². The van der Waals surface area contributed by atoms with Gasteiger partial charge in [-0.15, -0.1) is 0 Å². The maximum atomic E-state index is 13.1. The second kappa shape index (κ2) is 10.9. The number of carboxylic acid groups (broad SMARTS) is 1. The summed E-state index contributed by atoms with van der Waals surface area (Å²) in [6.45, 7) is 9.06. The fourth-order valence-corrected chi connectivity index (χ4v) is 4.64. The Kier molecular flexibility index (Phi) is 7.40. The lowest BCUT2D eigenvalue weighted by molar-refractivity contribution is -0.152. The third-order valence-electron chi connectivity index (χ3n) is 6.44. The highest BCUT2D eigenvalue weighted by Crippen LogP contribution is 2.26. The molecular formula is C25H29N9O5S. The van der Waals surface area contributed by atoms with E-state index in [0.29, 0.717) is 17.5 Å². The predicted octanol–water partition coefficient (Wildman–Crippen LogP) is 0.685. The van der Waals surface area contributed by atoms with Crippen molar-refractivity contribution in [1.82, 2.24) is 30.3 Å². The molecule has 0 radical (unpaired) electrons. The summed E-state index contributed by atoms with van der Waals surface area (Å²) in [7, 11) is 0. The number of nitrogens with one attached hydrogen (secondary N) is 4. The first kappa shape index (κ1) is 27.1. The minimum atomic E-state index is -1.54. The van der Waals surface area contributed by atoms with Crippen LogP contribution in [0.3, 0.4) is 0 Å². The van der Waals surface area contributed by atoms with E-state index in [9.17, 15) is 14.7 Å². The topological polar surface area (TPSA) is 198 Å². The number of pyridine rings is 1. The number of hydrogen-bond donors (Lipinski definition) is 6. The summed E-state index contributed by atoms with van der Waals surface area (Å²) in [5.74, 6) is -0.904. The lowest BCUT2D eigenvalue weighted by atomic mass is 9.83. The standard InChI is InChI=1S/C25H29N9O5S/c1-12-20(25(2,3)32-12)30-22(35)19(21-31-24(26)40-34-21)33-39-17(23(36)37)11-38-15-5-6-16-13(8-15)4-7-18(29-16)28-14-9-27-10-14/h4-8,14,17,20,27,32H,1,9-11H2,2-3H3,(H,28,29)(H,30,35)(H,36,37)(H2,26,31,34)/b33-19-/t17?,20-/m1/s1. The molecule has 15 heteroatoms. The van der Waals surface area contributed by atoms with Crippen LogP contribution in [0.25, 0.3) is 10.9 Å². The molecule has 0 spiro atoms. The fourth-order valence-electron chi connectivity index (χ4n) is 4.21. The van der Waals surface area contributed by atoms with Crippen molar-refractivity contribution < 1.29 is 24.3 Å². The van der Waals surface area contributed by atoms with E-state index in [4.69, 9.17) is 15.3 Å². The van der Waals surface area contributed by atoms with E-state index >= 15 is 0 Å². The number of aliphatic carboxylic acids is 1. The molecule has 0 aliphatic carbocycles. The zero-order chi connectivity index (χ0) is 28.4. The van der Waals surface area contributed by atoms with Gasteiger partial charge in [0.25, 0.3) is 12.0 Å². The Morgan fingerprint density at radius 2 is 2.10 bits per heavy atom. The van der Waals surface area contributed by atoms with Crippen LogP contribution < -0.4 is 31.7 Å². The normalized spacial score (nSPS) is 19.1. The number of carboxylic acids is 1. The fraction of sp³-hybridized carbons (Fsp3) is 0.360. The lowest BCUT2D eigenvalue weighted by Crippen LogP contribution is -2.69. The Morgan fingerprint density at radius 3 is 2.73 bits per heavy atom. The number of fused-ring (bicyclic) bond motifs is 1. The number of anilines is 2. The maximum Gasteiger partial charge on any atom is 0.351 e. The number of oxime groups is 1. The van der Waals surface area contributed by atoms with E-state index in [2.05, 4.69) is 47.3 Å². The number of benzene rings is 1. The van der Waals surface area contributed by atoms with Gasteiger partial charge in [-0.25, -0.2) is 9.78 Å². The molecule has 1 unspecified atom stereocenters. The largest absolute Gasteiger partial charge is 0.489 e. The van der Waals surface area contributed by atoms with E-state index in [1.807, 2.05) is 26.0 Å². The molecule has 1 aromatic carbocycles. The predicted molar refractivity (Wildman–Crippen MR) is 149 cm³/mol. The molecule has 210 valence electrons. The van der Waals surface area contributed by atoms with Crippen LogP contribution in [0.1, 0.15) is 19.7 Å². The van der Waals surface area contributed by atoms with Crippen molar-refractivity contribution in [3.63, 3.8) is 0 Å². The molecule has 2 atom stereocenters. The number of amides is 1. The maximum absolute atomic E-state index is 13.1. The molecule has 2 saturated heterocycles. The second-order valence-corrected chi connectivity index (χ2v) is 10.8. The van der Waals surface area contributed by atoms with Crippen molar-refractivity contribution in [3.05, 3.63) is 48.4 Å². The number of nitrogens with zero attached hydrogens (tertiary/aromatic N) is 4. The van der Waals surface area contributed by atoms with Crippen molar-refractivity contribution in [2.45, 2.75) is 37.6 Å². The Bertz CT molecular complexity index is 1490. The highest BCUT2D eigenvalue weighted by molar-refractivity contribution is 7.09. The Morgan fingerprint density at radius 1 is 1.30 bits per heavy atom. The lowest BCUT2D eigenvalue weighted by Gasteiger charge is -2.48. The molecule has 3 aromatic rings. The summed E-state index contributed by atoms with van der Waals surface area (Å²) in [5.41, 5.74) is 6.30. The number of rotatable bonds is 11. The molecule has 2 aliphatic rings. The van der Waals surface area contributed by atoms with E-state index in [0.717, 1.165) is 41.3 Å². The number of carbonyl (C=O) groups is 2. The smallest absolute Gasteiger partial charge is 0.351 e. The molecule has 40 heavy (non-hydrogen) atoms. The van der Waals surface area contributed by atoms with E-state index in [1.165, 1.54) is 0 Å². The number of nitrogens with two attached hydrogens (primary N) is 1. The molecular weight excluding hydrogens is 538 g/mol. The molecule has 5 rings (SSSR count). The molecule has 7 N–H and O–H groups in total. The van der Waals surface area contributed by atoms with Gasteiger partial charge in [-0.3, -0.25) is 4.79 Å². The minimum absolute atomic E-state index is 0.0924. The summed E-state index contributed by atoms with van der Waals surface area (Å²) in [6, 6.07) is 8.98. The summed E-state index contributed by atoms with van der Waals surface area (Å²) in [4.78, 5) is 38.9. The van der Waals surface area contributed by atoms with Crippen LogP contribution in [0.5, 0.6) is 5.75 Å². The monoisotopic (exact) mass is 567 g/mol. The first-order valence-corrected chi connectivity index (χ1v) is 13.2. The molecule has 14 nitrogen and oxygen atoms in total.